The average Bonchev–Trinajstić information content (AvgIpc) is 3.35. The maximum atomic E-state index is 13.3. The first-order valence-corrected chi connectivity index (χ1v) is 13.3. The number of rotatable bonds is 10. The summed E-state index contributed by atoms with van der Waals surface area (Å²) in [6.07, 6.45) is 2.62. The van der Waals surface area contributed by atoms with Gasteiger partial charge in [0.2, 0.25) is 0 Å². The van der Waals surface area contributed by atoms with Gasteiger partial charge in [-0.05, 0) is 98.5 Å². The molecule has 0 aliphatic heterocycles. The number of aromatic nitrogens is 5. The molecule has 0 aliphatic rings. The van der Waals surface area contributed by atoms with E-state index in [9.17, 15) is 4.79 Å². The van der Waals surface area contributed by atoms with E-state index in [-0.39, 0.29) is 17.1 Å². The van der Waals surface area contributed by atoms with Gasteiger partial charge >= 0.3 is 0 Å². The third kappa shape index (κ3) is 5.67. The third-order valence-electron chi connectivity index (χ3n) is 7.73. The zero-order valence-electron chi connectivity index (χ0n) is 23.3. The Labute approximate surface area is 219 Å². The summed E-state index contributed by atoms with van der Waals surface area (Å²) in [4.78, 5) is 18.8. The molecule has 0 saturated heterocycles. The highest BCUT2D eigenvalue weighted by Crippen LogP contribution is 2.29. The molecule has 0 amide bonds. The van der Waals surface area contributed by atoms with Crippen molar-refractivity contribution in [3.8, 4) is 0 Å². The van der Waals surface area contributed by atoms with Gasteiger partial charge in [0.25, 0.3) is 5.56 Å². The van der Waals surface area contributed by atoms with Crippen molar-refractivity contribution < 1.29 is 0 Å². The van der Waals surface area contributed by atoms with Crippen LogP contribution in [0.2, 0.25) is 0 Å². The number of tetrazole rings is 1. The van der Waals surface area contributed by atoms with Crippen molar-refractivity contribution in [2.45, 2.75) is 85.9 Å². The van der Waals surface area contributed by atoms with Gasteiger partial charge in [-0.1, -0.05) is 49.7 Å². The standard InChI is InChI=1S/C30H40N6O/c1-8-26(28-32-33-34-36(28)30(6,7)9-2)35(15-14-23-13-11-10-12-21(23)4)19-25-18-24-17-20(3)16-22(5)27(24)31-29(25)37/h10-13,16-18,26H,8-9,14-15,19H2,1-7H3,(H,31,37)/t26-/m1/s1. The molecular formula is C30H40N6O. The van der Waals surface area contributed by atoms with Gasteiger partial charge in [-0.15, -0.1) is 5.10 Å². The Hall–Kier alpha value is -3.32. The molecule has 0 unspecified atom stereocenters. The SMILES string of the molecule is CC[C@H](c1nnnn1C(C)(C)CC)N(CCc1ccccc1C)Cc1cc2cc(C)cc(C)c2[nH]c1=O. The van der Waals surface area contributed by atoms with Gasteiger partial charge in [0.05, 0.1) is 17.1 Å². The first-order valence-electron chi connectivity index (χ1n) is 13.3. The maximum absolute atomic E-state index is 13.3. The molecule has 0 aliphatic carbocycles. The van der Waals surface area contributed by atoms with Gasteiger partial charge < -0.3 is 4.98 Å². The first-order chi connectivity index (χ1) is 17.6. The van der Waals surface area contributed by atoms with Gasteiger partial charge in [0, 0.05) is 18.7 Å². The minimum Gasteiger partial charge on any atom is -0.321 e. The number of aromatic amines is 1. The molecule has 7 heteroatoms. The Morgan fingerprint density at radius 1 is 1.03 bits per heavy atom. The molecule has 0 radical (unpaired) electrons. The molecule has 2 heterocycles. The molecule has 2 aromatic carbocycles. The Morgan fingerprint density at radius 3 is 2.49 bits per heavy atom. The van der Waals surface area contributed by atoms with Crippen molar-refractivity contribution in [2.75, 3.05) is 6.54 Å². The first kappa shape index (κ1) is 26.7. The monoisotopic (exact) mass is 500 g/mol. The lowest BCUT2D eigenvalue weighted by atomic mass is 10.0. The fraction of sp³-hybridized carbons (Fsp3) is 0.467. The second-order valence-electron chi connectivity index (χ2n) is 10.9. The number of nitrogens with zero attached hydrogens (tertiary/aromatic N) is 5. The minimum atomic E-state index is -0.205. The van der Waals surface area contributed by atoms with Crippen LogP contribution in [0.4, 0.5) is 0 Å². The van der Waals surface area contributed by atoms with E-state index in [0.717, 1.165) is 53.7 Å². The van der Waals surface area contributed by atoms with E-state index in [1.807, 2.05) is 11.6 Å². The Morgan fingerprint density at radius 2 is 1.78 bits per heavy atom. The summed E-state index contributed by atoms with van der Waals surface area (Å²) < 4.78 is 1.97. The van der Waals surface area contributed by atoms with E-state index in [1.165, 1.54) is 16.7 Å². The average molecular weight is 501 g/mol. The van der Waals surface area contributed by atoms with Crippen molar-refractivity contribution in [3.05, 3.63) is 86.5 Å². The van der Waals surface area contributed by atoms with Crippen LogP contribution in [0.3, 0.4) is 0 Å². The van der Waals surface area contributed by atoms with Crippen LogP contribution in [0.5, 0.6) is 0 Å². The van der Waals surface area contributed by atoms with Crippen LogP contribution in [0.25, 0.3) is 10.9 Å². The molecule has 7 nitrogen and oxygen atoms in total. The van der Waals surface area contributed by atoms with Crippen molar-refractivity contribution in [1.29, 1.82) is 0 Å². The summed E-state index contributed by atoms with van der Waals surface area (Å²) in [5.41, 5.74) is 6.29. The predicted molar refractivity (Wildman–Crippen MR) is 150 cm³/mol. The van der Waals surface area contributed by atoms with Crippen LogP contribution in [0, 0.1) is 20.8 Å². The Balaban J connectivity index is 1.76. The molecule has 0 spiro atoms. The number of H-pyrrole nitrogens is 1. The summed E-state index contributed by atoms with van der Waals surface area (Å²) in [7, 11) is 0. The Bertz CT molecular complexity index is 1430. The van der Waals surface area contributed by atoms with Crippen molar-refractivity contribution in [3.63, 3.8) is 0 Å². The van der Waals surface area contributed by atoms with Gasteiger partial charge in [0.1, 0.15) is 0 Å². The summed E-state index contributed by atoms with van der Waals surface area (Å²) >= 11 is 0. The molecule has 0 saturated carbocycles. The van der Waals surface area contributed by atoms with Crippen molar-refractivity contribution >= 4 is 10.9 Å². The normalized spacial score (nSPS) is 13.0. The molecular weight excluding hydrogens is 460 g/mol. The van der Waals surface area contributed by atoms with E-state index >= 15 is 0 Å². The summed E-state index contributed by atoms with van der Waals surface area (Å²) in [6.45, 7) is 16.2. The quantitative estimate of drug-likeness (QED) is 0.299. The van der Waals surface area contributed by atoms with Crippen LogP contribution in [0.1, 0.15) is 80.2 Å². The smallest absolute Gasteiger partial charge is 0.252 e. The molecule has 196 valence electrons. The van der Waals surface area contributed by atoms with Crippen LogP contribution >= 0.6 is 0 Å². The zero-order valence-corrected chi connectivity index (χ0v) is 23.3. The number of aryl methyl sites for hydroxylation is 3. The Kier molecular flexibility index (Phi) is 7.93. The largest absolute Gasteiger partial charge is 0.321 e. The van der Waals surface area contributed by atoms with E-state index in [4.69, 9.17) is 0 Å². The van der Waals surface area contributed by atoms with Gasteiger partial charge in [0.15, 0.2) is 5.82 Å². The summed E-state index contributed by atoms with van der Waals surface area (Å²) in [5.74, 6) is 0.850. The highest BCUT2D eigenvalue weighted by molar-refractivity contribution is 5.82. The maximum Gasteiger partial charge on any atom is 0.252 e. The fourth-order valence-electron chi connectivity index (χ4n) is 5.15. The number of pyridine rings is 1. The van der Waals surface area contributed by atoms with E-state index in [1.54, 1.807) is 0 Å². The lowest BCUT2D eigenvalue weighted by Gasteiger charge is -2.33. The van der Waals surface area contributed by atoms with E-state index in [0.29, 0.717) is 6.54 Å². The number of nitrogens with one attached hydrogen (secondary N) is 1. The van der Waals surface area contributed by atoms with Crippen molar-refractivity contribution in [1.82, 2.24) is 30.1 Å². The zero-order chi connectivity index (χ0) is 26.7. The van der Waals surface area contributed by atoms with E-state index in [2.05, 4.69) is 109 Å². The molecule has 0 bridgehead atoms. The highest BCUT2D eigenvalue weighted by atomic mass is 16.1. The molecule has 1 N–H and O–H groups in total. The molecule has 1 atom stereocenters. The van der Waals surface area contributed by atoms with Crippen LogP contribution in [0.15, 0.2) is 47.3 Å². The molecule has 37 heavy (non-hydrogen) atoms. The second-order valence-corrected chi connectivity index (χ2v) is 10.9. The summed E-state index contributed by atoms with van der Waals surface area (Å²) in [5, 5.41) is 14.0. The van der Waals surface area contributed by atoms with Crippen LogP contribution in [-0.4, -0.2) is 36.6 Å². The molecule has 4 aromatic rings. The number of hydrogen-bond donors (Lipinski definition) is 1. The lowest BCUT2D eigenvalue weighted by molar-refractivity contribution is 0.160. The topological polar surface area (TPSA) is 79.7 Å². The predicted octanol–water partition coefficient (Wildman–Crippen LogP) is 5.78. The lowest BCUT2D eigenvalue weighted by Crippen LogP contribution is -2.37. The van der Waals surface area contributed by atoms with Gasteiger partial charge in [-0.25, -0.2) is 4.68 Å². The molecule has 0 fully saturated rings. The van der Waals surface area contributed by atoms with Gasteiger partial charge in [-0.2, -0.15) is 0 Å². The number of hydrogen-bond acceptors (Lipinski definition) is 5. The fourth-order valence-corrected chi connectivity index (χ4v) is 5.15. The van der Waals surface area contributed by atoms with Crippen LogP contribution in [-0.2, 0) is 18.5 Å². The number of fused-ring (bicyclic) bond motifs is 1. The molecule has 2 aromatic heterocycles. The summed E-state index contributed by atoms with van der Waals surface area (Å²) in [6, 6.07) is 14.8. The third-order valence-corrected chi connectivity index (χ3v) is 7.73. The van der Waals surface area contributed by atoms with E-state index < -0.39 is 0 Å². The highest BCUT2D eigenvalue weighted by Gasteiger charge is 2.31. The minimum absolute atomic E-state index is 0.0285. The second kappa shape index (κ2) is 11.0. The van der Waals surface area contributed by atoms with Gasteiger partial charge in [-0.3, -0.25) is 9.69 Å². The molecule has 4 rings (SSSR count). The van der Waals surface area contributed by atoms with Crippen molar-refractivity contribution in [2.24, 2.45) is 0 Å². The number of benzene rings is 2. The van der Waals surface area contributed by atoms with Crippen LogP contribution < -0.4 is 5.56 Å².